The van der Waals surface area contributed by atoms with E-state index in [9.17, 15) is 0 Å². The molecule has 1 saturated heterocycles. The molecule has 1 fully saturated rings. The highest BCUT2D eigenvalue weighted by molar-refractivity contribution is 14.1. The Kier molecular flexibility index (Phi) is 6.82. The van der Waals surface area contributed by atoms with Crippen molar-refractivity contribution in [3.8, 4) is 0 Å². The second-order valence-corrected chi connectivity index (χ2v) is 8.64. The van der Waals surface area contributed by atoms with Crippen molar-refractivity contribution in [1.29, 1.82) is 0 Å². The van der Waals surface area contributed by atoms with E-state index in [1.54, 1.807) is 0 Å². The third-order valence-corrected chi connectivity index (χ3v) is 7.60. The van der Waals surface area contributed by atoms with Gasteiger partial charge in [0.1, 0.15) is 0 Å². The zero-order valence-corrected chi connectivity index (χ0v) is 14.9. The van der Waals surface area contributed by atoms with E-state index in [4.69, 9.17) is 5.84 Å². The first-order valence-electron chi connectivity index (χ1n) is 6.68. The maximum absolute atomic E-state index is 5.82. The van der Waals surface area contributed by atoms with Gasteiger partial charge in [-0.2, -0.15) is 23.5 Å². The van der Waals surface area contributed by atoms with Gasteiger partial charge in [0.2, 0.25) is 0 Å². The lowest BCUT2D eigenvalue weighted by molar-refractivity contribution is 0.490. The average Bonchev–Trinajstić information content (AvgIpc) is 2.46. The zero-order chi connectivity index (χ0) is 13.7. The molecule has 0 saturated carbocycles. The molecule has 1 aliphatic rings. The van der Waals surface area contributed by atoms with Crippen LogP contribution in [-0.4, -0.2) is 28.0 Å². The van der Waals surface area contributed by atoms with Crippen LogP contribution in [-0.2, 0) is 6.42 Å². The van der Waals surface area contributed by atoms with Crippen LogP contribution >= 0.6 is 46.1 Å². The van der Waals surface area contributed by atoms with Crippen LogP contribution in [0.1, 0.15) is 18.9 Å². The minimum absolute atomic E-state index is 0.364. The monoisotopic (exact) mass is 408 g/mol. The molecular weight excluding hydrogens is 387 g/mol. The van der Waals surface area contributed by atoms with Crippen molar-refractivity contribution in [2.24, 2.45) is 5.84 Å². The first-order valence-corrected chi connectivity index (χ1v) is 9.86. The molecule has 3 atom stereocenters. The maximum atomic E-state index is 5.82. The summed E-state index contributed by atoms with van der Waals surface area (Å²) in [5.74, 6) is 8.35. The van der Waals surface area contributed by atoms with E-state index < -0.39 is 0 Å². The molecule has 0 radical (unpaired) electrons. The molecule has 1 heterocycles. The largest absolute Gasteiger partial charge is 0.271 e. The summed E-state index contributed by atoms with van der Waals surface area (Å²) in [5, 5.41) is 1.34. The highest BCUT2D eigenvalue weighted by Gasteiger charge is 2.31. The first kappa shape index (κ1) is 15.9. The zero-order valence-electron chi connectivity index (χ0n) is 11.1. The van der Waals surface area contributed by atoms with E-state index in [0.717, 1.165) is 11.7 Å². The molecule has 0 amide bonds. The Balaban J connectivity index is 2.04. The minimum atomic E-state index is 0.364. The van der Waals surface area contributed by atoms with Gasteiger partial charge in [0.15, 0.2) is 0 Å². The molecule has 0 aliphatic carbocycles. The second kappa shape index (κ2) is 8.12. The van der Waals surface area contributed by atoms with Gasteiger partial charge in [0.05, 0.1) is 0 Å². The molecule has 1 aromatic carbocycles. The smallest absolute Gasteiger partial charge is 0.0380 e. The topological polar surface area (TPSA) is 38.0 Å². The number of hydrazine groups is 1. The summed E-state index contributed by atoms with van der Waals surface area (Å²) in [4.78, 5) is 0. The summed E-state index contributed by atoms with van der Waals surface area (Å²) in [5.41, 5.74) is 4.43. The highest BCUT2D eigenvalue weighted by atomic mass is 127. The molecule has 1 aromatic rings. The summed E-state index contributed by atoms with van der Waals surface area (Å²) in [7, 11) is 0. The van der Waals surface area contributed by atoms with Crippen LogP contribution in [0.3, 0.4) is 0 Å². The Morgan fingerprint density at radius 2 is 2.00 bits per heavy atom. The molecule has 106 valence electrons. The molecule has 2 rings (SSSR count). The Morgan fingerprint density at radius 3 is 2.63 bits per heavy atom. The van der Waals surface area contributed by atoms with Crippen molar-refractivity contribution in [3.63, 3.8) is 0 Å². The number of hydrogen-bond donors (Lipinski definition) is 2. The number of benzene rings is 1. The molecular formula is C14H21IN2S2. The predicted molar refractivity (Wildman–Crippen MR) is 96.8 cm³/mol. The van der Waals surface area contributed by atoms with Gasteiger partial charge in [-0.3, -0.25) is 11.3 Å². The van der Waals surface area contributed by atoms with Crippen molar-refractivity contribution in [2.75, 3.05) is 11.5 Å². The highest BCUT2D eigenvalue weighted by Crippen LogP contribution is 2.35. The predicted octanol–water partition coefficient (Wildman–Crippen LogP) is 3.29. The summed E-state index contributed by atoms with van der Waals surface area (Å²) < 4.78 is 1.28. The van der Waals surface area contributed by atoms with Gasteiger partial charge >= 0.3 is 0 Å². The Morgan fingerprint density at radius 1 is 1.32 bits per heavy atom. The third-order valence-electron chi connectivity index (χ3n) is 3.47. The minimum Gasteiger partial charge on any atom is -0.271 e. The summed E-state index contributed by atoms with van der Waals surface area (Å²) in [6.45, 7) is 2.29. The van der Waals surface area contributed by atoms with Crippen molar-refractivity contribution in [3.05, 3.63) is 33.4 Å². The number of nitrogens with two attached hydrogens (primary N) is 1. The van der Waals surface area contributed by atoms with Crippen molar-refractivity contribution < 1.29 is 0 Å². The Hall–Kier alpha value is 0.570. The quantitative estimate of drug-likeness (QED) is 0.446. The molecule has 1 aliphatic heterocycles. The number of halogens is 1. The first-order chi connectivity index (χ1) is 9.24. The fourth-order valence-corrected chi connectivity index (χ4v) is 6.06. The molecule has 2 nitrogen and oxygen atoms in total. The van der Waals surface area contributed by atoms with E-state index in [1.807, 2.05) is 0 Å². The van der Waals surface area contributed by atoms with E-state index in [0.29, 0.717) is 11.3 Å². The lowest BCUT2D eigenvalue weighted by atomic mass is 10.0. The van der Waals surface area contributed by atoms with Crippen LogP contribution < -0.4 is 11.3 Å². The molecule has 19 heavy (non-hydrogen) atoms. The van der Waals surface area contributed by atoms with Gasteiger partial charge in [-0.15, -0.1) is 0 Å². The molecule has 5 heteroatoms. The average molecular weight is 408 g/mol. The number of hydrogen-bond acceptors (Lipinski definition) is 4. The van der Waals surface area contributed by atoms with Crippen molar-refractivity contribution in [1.82, 2.24) is 5.43 Å². The third kappa shape index (κ3) is 4.52. The van der Waals surface area contributed by atoms with E-state index >= 15 is 0 Å². The van der Waals surface area contributed by atoms with Crippen LogP contribution in [0.5, 0.6) is 0 Å². The van der Waals surface area contributed by atoms with Crippen molar-refractivity contribution >= 4 is 46.1 Å². The van der Waals surface area contributed by atoms with Crippen molar-refractivity contribution in [2.45, 2.75) is 36.3 Å². The summed E-state index contributed by atoms with van der Waals surface area (Å²) >= 11 is 6.54. The fourth-order valence-electron chi connectivity index (χ4n) is 2.46. The summed E-state index contributed by atoms with van der Waals surface area (Å²) in [6.07, 6.45) is 2.25. The van der Waals surface area contributed by atoms with Gasteiger partial charge in [0, 0.05) is 31.6 Å². The number of thioether (sulfide) groups is 2. The molecule has 3 unspecified atom stereocenters. The number of rotatable bonds is 5. The van der Waals surface area contributed by atoms with E-state index in [-0.39, 0.29) is 0 Å². The van der Waals surface area contributed by atoms with E-state index in [1.165, 1.54) is 27.1 Å². The summed E-state index contributed by atoms with van der Waals surface area (Å²) in [6, 6.07) is 9.14. The van der Waals surface area contributed by atoms with Gasteiger partial charge in [-0.05, 0) is 53.1 Å². The number of nitrogens with one attached hydrogen (secondary N) is 1. The van der Waals surface area contributed by atoms with Crippen LogP contribution in [0.25, 0.3) is 0 Å². The fraction of sp³-hybridized carbons (Fsp3) is 0.571. The normalized spacial score (nSPS) is 25.2. The van der Waals surface area contributed by atoms with Crippen LogP contribution in [0.2, 0.25) is 0 Å². The van der Waals surface area contributed by atoms with Crippen LogP contribution in [0.15, 0.2) is 24.3 Å². The lowest BCUT2D eigenvalue weighted by Gasteiger charge is -2.35. The van der Waals surface area contributed by atoms with E-state index in [2.05, 4.69) is 82.7 Å². The van der Waals surface area contributed by atoms with Gasteiger partial charge < -0.3 is 0 Å². The van der Waals surface area contributed by atoms with Gasteiger partial charge in [-0.1, -0.05) is 19.1 Å². The molecule has 0 aromatic heterocycles. The second-order valence-electron chi connectivity index (χ2n) is 4.76. The van der Waals surface area contributed by atoms with Crippen LogP contribution in [0, 0.1) is 3.57 Å². The molecule has 0 bridgehead atoms. The molecule has 0 spiro atoms. The lowest BCUT2D eigenvalue weighted by Crippen LogP contribution is -2.49. The van der Waals surface area contributed by atoms with Gasteiger partial charge in [-0.25, -0.2) is 0 Å². The van der Waals surface area contributed by atoms with Crippen LogP contribution in [0.4, 0.5) is 0 Å². The Bertz CT molecular complexity index is 386. The Labute approximate surface area is 138 Å². The SMILES string of the molecule is CCC1SCCSC1C(Cc1ccc(I)cc1)NN. The molecule has 3 N–H and O–H groups in total. The maximum Gasteiger partial charge on any atom is 0.0380 e. The standard InChI is InChI=1S/C14H21IN2S2/c1-2-13-14(19-8-7-18-13)12(17-16)9-10-3-5-11(15)6-4-10/h3-6,12-14,17H,2,7-9,16H2,1H3. The van der Waals surface area contributed by atoms with Gasteiger partial charge in [0.25, 0.3) is 0 Å².